The number of aliphatic imine (C=N–C) groups is 1. The van der Waals surface area contributed by atoms with Crippen molar-refractivity contribution >= 4 is 41.5 Å². The number of anilines is 1. The number of benzene rings is 1. The molecule has 0 bridgehead atoms. The first kappa shape index (κ1) is 21.6. The molecule has 3 N–H and O–H groups in total. The van der Waals surface area contributed by atoms with E-state index in [2.05, 4.69) is 20.9 Å². The first-order valence-corrected chi connectivity index (χ1v) is 7.45. The predicted octanol–water partition coefficient (Wildman–Crippen LogP) is 2.35. The van der Waals surface area contributed by atoms with Crippen LogP contribution in [0.25, 0.3) is 0 Å². The normalized spacial score (nSPS) is 12.1. The molecule has 0 fully saturated rings. The minimum absolute atomic E-state index is 0. The topological polar surface area (TPSA) is 74.8 Å². The molecule has 1 rings (SSSR count). The van der Waals surface area contributed by atoms with Gasteiger partial charge in [-0.15, -0.1) is 24.0 Å². The van der Waals surface area contributed by atoms with Crippen LogP contribution in [0.15, 0.2) is 29.3 Å². The Balaban J connectivity index is 0.00000484. The number of nitrogens with one attached hydrogen (secondary N) is 3. The van der Waals surface area contributed by atoms with Crippen LogP contribution >= 0.6 is 24.0 Å². The summed E-state index contributed by atoms with van der Waals surface area (Å²) in [5, 5.41) is 9.25. The smallest absolute Gasteiger partial charge is 0.221 e. The second-order valence-electron chi connectivity index (χ2n) is 5.08. The quantitative estimate of drug-likeness (QED) is 0.350. The molecule has 0 aliphatic rings. The van der Waals surface area contributed by atoms with Crippen LogP contribution in [-0.2, 0) is 16.1 Å². The summed E-state index contributed by atoms with van der Waals surface area (Å²) in [5.74, 6) is 0.668. The van der Waals surface area contributed by atoms with E-state index in [0.717, 1.165) is 23.8 Å². The van der Waals surface area contributed by atoms with Gasteiger partial charge in [0, 0.05) is 32.3 Å². The second-order valence-corrected chi connectivity index (χ2v) is 5.08. The van der Waals surface area contributed by atoms with Gasteiger partial charge in [-0.1, -0.05) is 12.1 Å². The number of carbonyl (C=O) groups excluding carboxylic acids is 1. The number of hydrogen-bond donors (Lipinski definition) is 3. The average Bonchev–Trinajstić information content (AvgIpc) is 2.45. The minimum Gasteiger partial charge on any atom is -0.383 e. The van der Waals surface area contributed by atoms with E-state index in [4.69, 9.17) is 4.74 Å². The molecule has 0 spiro atoms. The van der Waals surface area contributed by atoms with Crippen molar-refractivity contribution in [2.45, 2.75) is 33.4 Å². The molecule has 1 aromatic carbocycles. The van der Waals surface area contributed by atoms with Gasteiger partial charge in [-0.25, -0.2) is 4.99 Å². The number of rotatable bonds is 7. The fourth-order valence-electron chi connectivity index (χ4n) is 1.97. The molecule has 1 aromatic rings. The van der Waals surface area contributed by atoms with E-state index in [-0.39, 0.29) is 35.9 Å². The number of ether oxygens (including phenoxy) is 1. The Kier molecular flexibility index (Phi) is 11.4. The molecular weight excluding hydrogens is 407 g/mol. The summed E-state index contributed by atoms with van der Waals surface area (Å²) in [5.41, 5.74) is 1.81. The van der Waals surface area contributed by atoms with Crippen molar-refractivity contribution in [3.8, 4) is 0 Å². The molecule has 6 nitrogen and oxygen atoms in total. The van der Waals surface area contributed by atoms with E-state index in [0.29, 0.717) is 13.2 Å². The molecular formula is C16H27IN4O2. The van der Waals surface area contributed by atoms with Crippen LogP contribution in [0, 0.1) is 0 Å². The maximum atomic E-state index is 11.1. The van der Waals surface area contributed by atoms with Crippen LogP contribution in [0.2, 0.25) is 0 Å². The van der Waals surface area contributed by atoms with Crippen molar-refractivity contribution < 1.29 is 9.53 Å². The van der Waals surface area contributed by atoms with Gasteiger partial charge in [0.05, 0.1) is 13.2 Å². The van der Waals surface area contributed by atoms with Crippen molar-refractivity contribution in [1.29, 1.82) is 0 Å². The summed E-state index contributed by atoms with van der Waals surface area (Å²) >= 11 is 0. The van der Waals surface area contributed by atoms with Crippen LogP contribution in [-0.4, -0.2) is 38.2 Å². The average molecular weight is 434 g/mol. The molecule has 0 aromatic heterocycles. The highest BCUT2D eigenvalue weighted by molar-refractivity contribution is 14.0. The molecule has 130 valence electrons. The zero-order valence-corrected chi connectivity index (χ0v) is 16.5. The second kappa shape index (κ2) is 12.1. The van der Waals surface area contributed by atoms with Crippen molar-refractivity contribution in [2.24, 2.45) is 4.99 Å². The molecule has 0 aliphatic heterocycles. The summed E-state index contributed by atoms with van der Waals surface area (Å²) in [6, 6.07) is 7.85. The molecule has 7 heteroatoms. The lowest BCUT2D eigenvalue weighted by Gasteiger charge is -2.17. The maximum absolute atomic E-state index is 11.1. The van der Waals surface area contributed by atoms with Crippen molar-refractivity contribution in [3.63, 3.8) is 0 Å². The summed E-state index contributed by atoms with van der Waals surface area (Å²) in [7, 11) is 1.68. The number of hydrogen-bond acceptors (Lipinski definition) is 3. The Hall–Kier alpha value is -1.35. The highest BCUT2D eigenvalue weighted by Gasteiger charge is 2.04. The molecule has 1 unspecified atom stereocenters. The fourth-order valence-corrected chi connectivity index (χ4v) is 1.97. The van der Waals surface area contributed by atoms with Crippen molar-refractivity contribution in [1.82, 2.24) is 10.6 Å². The molecule has 0 radical (unpaired) electrons. The molecule has 0 heterocycles. The van der Waals surface area contributed by atoms with Gasteiger partial charge in [-0.2, -0.15) is 0 Å². The fraction of sp³-hybridized carbons (Fsp3) is 0.500. The standard InChI is InChI=1S/C16H26N4O2.HI/c1-5-17-16(19-12(2)11-22-4)18-10-14-7-6-8-15(9-14)20-13(3)21;/h6-9,12H,5,10-11H2,1-4H3,(H,20,21)(H2,17,18,19);1H. The highest BCUT2D eigenvalue weighted by Crippen LogP contribution is 2.11. The van der Waals surface area contributed by atoms with E-state index in [9.17, 15) is 4.79 Å². The van der Waals surface area contributed by atoms with Gasteiger partial charge in [-0.05, 0) is 31.5 Å². The van der Waals surface area contributed by atoms with E-state index in [1.807, 2.05) is 38.1 Å². The third kappa shape index (κ3) is 9.39. The van der Waals surface area contributed by atoms with Crippen LogP contribution in [0.5, 0.6) is 0 Å². The van der Waals surface area contributed by atoms with E-state index >= 15 is 0 Å². The first-order valence-electron chi connectivity index (χ1n) is 7.45. The van der Waals surface area contributed by atoms with Gasteiger partial charge in [-0.3, -0.25) is 4.79 Å². The molecule has 0 aliphatic carbocycles. The van der Waals surface area contributed by atoms with Gasteiger partial charge >= 0.3 is 0 Å². The number of halogens is 1. The maximum Gasteiger partial charge on any atom is 0.221 e. The van der Waals surface area contributed by atoms with Crippen LogP contribution in [0.4, 0.5) is 5.69 Å². The minimum atomic E-state index is -0.0796. The predicted molar refractivity (Wildman–Crippen MR) is 105 cm³/mol. The van der Waals surface area contributed by atoms with Gasteiger partial charge in [0.25, 0.3) is 0 Å². The zero-order chi connectivity index (χ0) is 16.4. The molecule has 23 heavy (non-hydrogen) atoms. The first-order chi connectivity index (χ1) is 10.5. The highest BCUT2D eigenvalue weighted by atomic mass is 127. The van der Waals surface area contributed by atoms with E-state index in [1.165, 1.54) is 6.92 Å². The van der Waals surface area contributed by atoms with Crippen LogP contribution in [0.1, 0.15) is 26.3 Å². The van der Waals surface area contributed by atoms with Gasteiger partial charge < -0.3 is 20.7 Å². The Morgan fingerprint density at radius 1 is 1.39 bits per heavy atom. The Morgan fingerprint density at radius 2 is 2.13 bits per heavy atom. The Bertz CT molecular complexity index is 509. The SMILES string of the molecule is CCNC(=NCc1cccc(NC(C)=O)c1)NC(C)COC.I. The number of guanidine groups is 1. The Labute approximate surface area is 155 Å². The number of amides is 1. The Morgan fingerprint density at radius 3 is 2.74 bits per heavy atom. The largest absolute Gasteiger partial charge is 0.383 e. The van der Waals surface area contributed by atoms with Crippen molar-refractivity contribution in [3.05, 3.63) is 29.8 Å². The number of carbonyl (C=O) groups is 1. The number of methoxy groups -OCH3 is 1. The monoisotopic (exact) mass is 434 g/mol. The van der Waals surface area contributed by atoms with Gasteiger partial charge in [0.2, 0.25) is 5.91 Å². The summed E-state index contributed by atoms with van der Waals surface area (Å²) in [6.07, 6.45) is 0. The summed E-state index contributed by atoms with van der Waals surface area (Å²) < 4.78 is 5.11. The lowest BCUT2D eigenvalue weighted by atomic mass is 10.2. The van der Waals surface area contributed by atoms with Gasteiger partial charge in [0.15, 0.2) is 5.96 Å². The third-order valence-corrected chi connectivity index (χ3v) is 2.81. The van der Waals surface area contributed by atoms with Crippen LogP contribution < -0.4 is 16.0 Å². The van der Waals surface area contributed by atoms with Crippen molar-refractivity contribution in [2.75, 3.05) is 25.6 Å². The lowest BCUT2D eigenvalue weighted by molar-refractivity contribution is -0.114. The number of nitrogens with zero attached hydrogens (tertiary/aromatic N) is 1. The van der Waals surface area contributed by atoms with E-state index in [1.54, 1.807) is 7.11 Å². The summed E-state index contributed by atoms with van der Waals surface area (Å²) in [4.78, 5) is 15.6. The molecule has 0 saturated carbocycles. The molecule has 1 amide bonds. The van der Waals surface area contributed by atoms with Crippen LogP contribution in [0.3, 0.4) is 0 Å². The van der Waals surface area contributed by atoms with Gasteiger partial charge in [0.1, 0.15) is 0 Å². The third-order valence-electron chi connectivity index (χ3n) is 2.81. The van der Waals surface area contributed by atoms with E-state index < -0.39 is 0 Å². The molecule has 0 saturated heterocycles. The zero-order valence-electron chi connectivity index (χ0n) is 14.2. The summed E-state index contributed by atoms with van der Waals surface area (Å²) in [6.45, 7) is 7.49. The lowest BCUT2D eigenvalue weighted by Crippen LogP contribution is -2.43. The molecule has 1 atom stereocenters.